The maximum atomic E-state index is 12.7. The fraction of sp³-hybridized carbons (Fsp3) is 0.652. The van der Waals surface area contributed by atoms with Gasteiger partial charge in [0.2, 0.25) is 0 Å². The molecule has 0 aliphatic rings. The average molecular weight is 917 g/mol. The van der Waals surface area contributed by atoms with Crippen molar-refractivity contribution in [2.45, 2.75) is 167 Å². The monoisotopic (exact) mass is 916 g/mol. The Bertz CT molecular complexity index is 1430. The first kappa shape index (κ1) is 59.3. The van der Waals surface area contributed by atoms with E-state index in [1.54, 1.807) is 0 Å². The van der Waals surface area contributed by atoms with Crippen LogP contribution in [-0.2, 0) is 41.8 Å². The summed E-state index contributed by atoms with van der Waals surface area (Å²) in [7, 11) is -9.72. The van der Waals surface area contributed by atoms with Crippen LogP contribution in [0.2, 0.25) is 0 Å². The fourth-order valence-corrected chi connectivity index (χ4v) is 6.48. The second kappa shape index (κ2) is 41.0. The molecular weight excluding hydrogens is 838 g/mol. The van der Waals surface area contributed by atoms with Crippen molar-refractivity contribution in [1.29, 1.82) is 0 Å². The molecule has 62 heavy (non-hydrogen) atoms. The number of carbonyl (C=O) groups excluding carboxylic acids is 2. The summed E-state index contributed by atoms with van der Waals surface area (Å²) in [5, 5.41) is 19.3. The third-order valence-corrected chi connectivity index (χ3v) is 10.3. The van der Waals surface area contributed by atoms with Crippen LogP contribution in [0.25, 0.3) is 0 Å². The van der Waals surface area contributed by atoms with E-state index in [1.807, 2.05) is 19.1 Å². The first-order chi connectivity index (χ1) is 29.8. The van der Waals surface area contributed by atoms with Crippen LogP contribution in [0.3, 0.4) is 0 Å². The molecule has 0 radical (unpaired) electrons. The number of phosphoric acid groups is 2. The Balaban J connectivity index is 4.66. The van der Waals surface area contributed by atoms with Crippen LogP contribution >= 0.6 is 15.6 Å². The van der Waals surface area contributed by atoms with Crippen molar-refractivity contribution in [2.24, 2.45) is 0 Å². The van der Waals surface area contributed by atoms with E-state index in [0.29, 0.717) is 19.3 Å². The lowest BCUT2D eigenvalue weighted by Gasteiger charge is -2.20. The Morgan fingerprint density at radius 1 is 0.500 bits per heavy atom. The molecule has 0 aliphatic carbocycles. The first-order valence-corrected chi connectivity index (χ1v) is 25.4. The van der Waals surface area contributed by atoms with Gasteiger partial charge in [-0.25, -0.2) is 9.13 Å². The van der Waals surface area contributed by atoms with Gasteiger partial charge in [-0.1, -0.05) is 125 Å². The van der Waals surface area contributed by atoms with Gasteiger partial charge in [-0.2, -0.15) is 0 Å². The van der Waals surface area contributed by atoms with Crippen LogP contribution in [0.15, 0.2) is 85.1 Å². The highest BCUT2D eigenvalue weighted by molar-refractivity contribution is 7.47. The van der Waals surface area contributed by atoms with Gasteiger partial charge in [-0.15, -0.1) is 0 Å². The van der Waals surface area contributed by atoms with Crippen molar-refractivity contribution in [2.75, 3.05) is 26.4 Å². The molecule has 0 saturated carbocycles. The van der Waals surface area contributed by atoms with Gasteiger partial charge in [0.1, 0.15) is 12.7 Å². The molecule has 0 aromatic rings. The lowest BCUT2D eigenvalue weighted by molar-refractivity contribution is -0.161. The molecule has 0 rings (SSSR count). The molecule has 1 unspecified atom stereocenters. The van der Waals surface area contributed by atoms with E-state index < -0.39 is 66.2 Å². The van der Waals surface area contributed by atoms with Crippen molar-refractivity contribution in [3.63, 3.8) is 0 Å². The Morgan fingerprint density at radius 2 is 0.952 bits per heavy atom. The lowest BCUT2D eigenvalue weighted by atomic mass is 10.1. The van der Waals surface area contributed by atoms with Gasteiger partial charge in [0.25, 0.3) is 0 Å². The van der Waals surface area contributed by atoms with Crippen molar-refractivity contribution in [3.8, 4) is 0 Å². The van der Waals surface area contributed by atoms with Crippen molar-refractivity contribution in [1.82, 2.24) is 0 Å². The van der Waals surface area contributed by atoms with E-state index in [1.165, 1.54) is 19.3 Å². The summed E-state index contributed by atoms with van der Waals surface area (Å²) in [5.41, 5.74) is 0. The minimum absolute atomic E-state index is 0.0826. The minimum atomic E-state index is -4.88. The molecule has 0 fully saturated rings. The standard InChI is InChI=1S/C46H78O14P2/c1-3-5-6-7-8-9-10-11-12-13-14-19-22-25-28-31-34-37-46(50)60-44(41-59-62(54,55)58-39-43(48)38-57-61(51,52)53)40-56-45(49)36-33-30-27-24-21-18-16-15-17-20-23-26-29-32-35-42(47)4-2/h8-9,11-12,14,16-20,24,26-27,29,42-44,47-48H,3-7,10,13,15,21-23,25,28,30-41H2,1-2H3,(H,54,55)(H2,51,52,53)/b9-8-,12-11-,18-16-,19-14-,20-17-,27-24-,29-26-/t42-,43-,44+/m0/s1. The second-order valence-electron chi connectivity index (χ2n) is 14.8. The molecule has 0 heterocycles. The largest absolute Gasteiger partial charge is 0.472 e. The summed E-state index contributed by atoms with van der Waals surface area (Å²) in [6, 6.07) is 0. The maximum absolute atomic E-state index is 12.7. The Kier molecular flexibility index (Phi) is 39.2. The normalized spacial score (nSPS) is 15.3. The minimum Gasteiger partial charge on any atom is -0.462 e. The molecular formula is C46H78O14P2. The highest BCUT2D eigenvalue weighted by Gasteiger charge is 2.28. The number of hydrogen-bond donors (Lipinski definition) is 5. The summed E-state index contributed by atoms with van der Waals surface area (Å²) < 4.78 is 47.7. The van der Waals surface area contributed by atoms with E-state index in [-0.39, 0.29) is 18.9 Å². The third-order valence-electron chi connectivity index (χ3n) is 8.91. The number of ether oxygens (including phenoxy) is 2. The zero-order valence-corrected chi connectivity index (χ0v) is 39.1. The van der Waals surface area contributed by atoms with Crippen molar-refractivity contribution < 1.29 is 66.7 Å². The van der Waals surface area contributed by atoms with E-state index in [0.717, 1.165) is 83.5 Å². The molecule has 0 spiro atoms. The van der Waals surface area contributed by atoms with Gasteiger partial charge in [0.15, 0.2) is 6.10 Å². The lowest BCUT2D eigenvalue weighted by Crippen LogP contribution is -2.30. The third kappa shape index (κ3) is 43.9. The Morgan fingerprint density at radius 3 is 1.48 bits per heavy atom. The van der Waals surface area contributed by atoms with Crippen LogP contribution in [0.1, 0.15) is 149 Å². The first-order valence-electron chi connectivity index (χ1n) is 22.4. The molecule has 356 valence electrons. The number of aliphatic hydroxyl groups excluding tert-OH is 2. The number of carbonyl (C=O) groups is 2. The zero-order chi connectivity index (χ0) is 46.0. The molecule has 0 aliphatic heterocycles. The number of rotatable bonds is 41. The molecule has 4 atom stereocenters. The number of unbranched alkanes of at least 4 members (excludes halogenated alkanes) is 8. The topological polar surface area (TPSA) is 216 Å². The predicted molar refractivity (Wildman–Crippen MR) is 245 cm³/mol. The number of hydrogen-bond acceptors (Lipinski definition) is 11. The van der Waals surface area contributed by atoms with Crippen molar-refractivity contribution in [3.05, 3.63) is 85.1 Å². The van der Waals surface area contributed by atoms with E-state index >= 15 is 0 Å². The van der Waals surface area contributed by atoms with E-state index in [4.69, 9.17) is 23.8 Å². The summed E-state index contributed by atoms with van der Waals surface area (Å²) in [6.07, 6.45) is 43.8. The van der Waals surface area contributed by atoms with E-state index in [2.05, 4.69) is 88.9 Å². The van der Waals surface area contributed by atoms with Gasteiger partial charge < -0.3 is 34.4 Å². The maximum Gasteiger partial charge on any atom is 0.472 e. The summed E-state index contributed by atoms with van der Waals surface area (Å²) in [4.78, 5) is 52.7. The van der Waals surface area contributed by atoms with Gasteiger partial charge in [0.05, 0.1) is 25.9 Å². The number of esters is 2. The molecule has 0 aromatic carbocycles. The molecule has 0 bridgehead atoms. The number of phosphoric ester groups is 2. The van der Waals surface area contributed by atoms with Gasteiger partial charge in [0, 0.05) is 12.8 Å². The van der Waals surface area contributed by atoms with Crippen LogP contribution in [0.5, 0.6) is 0 Å². The van der Waals surface area contributed by atoms with Crippen LogP contribution in [-0.4, -0.2) is 81.6 Å². The van der Waals surface area contributed by atoms with Crippen molar-refractivity contribution >= 4 is 27.6 Å². The highest BCUT2D eigenvalue weighted by atomic mass is 31.2. The zero-order valence-electron chi connectivity index (χ0n) is 37.3. The van der Waals surface area contributed by atoms with Gasteiger partial charge in [-0.3, -0.25) is 23.2 Å². The smallest absolute Gasteiger partial charge is 0.462 e. The van der Waals surface area contributed by atoms with Crippen LogP contribution in [0, 0.1) is 0 Å². The summed E-state index contributed by atoms with van der Waals surface area (Å²) in [5.74, 6) is -1.15. The summed E-state index contributed by atoms with van der Waals surface area (Å²) in [6.45, 7) is 1.34. The molecule has 14 nitrogen and oxygen atoms in total. The molecule has 0 aromatic heterocycles. The summed E-state index contributed by atoms with van der Waals surface area (Å²) >= 11 is 0. The average Bonchev–Trinajstić information content (AvgIpc) is 3.23. The van der Waals surface area contributed by atoms with Crippen LogP contribution < -0.4 is 0 Å². The Labute approximate surface area is 371 Å². The highest BCUT2D eigenvalue weighted by Crippen LogP contribution is 2.43. The van der Waals surface area contributed by atoms with E-state index in [9.17, 15) is 33.8 Å². The van der Waals surface area contributed by atoms with Crippen LogP contribution in [0.4, 0.5) is 0 Å². The quantitative estimate of drug-likeness (QED) is 0.0167. The number of allylic oxidation sites excluding steroid dienone is 14. The second-order valence-corrected chi connectivity index (χ2v) is 17.4. The number of aliphatic hydroxyl groups is 2. The fourth-order valence-electron chi connectivity index (χ4n) is 5.33. The van der Waals surface area contributed by atoms with Gasteiger partial charge in [-0.05, 0) is 96.3 Å². The SMILES string of the molecule is CCCCC/C=C\C/C=C\C/C=C\CCCCCCC(=O)O[C@H](COC(=O)CCC/C=C\C/C=C\C/C=C\C/C=C\CC[C@@H](O)CC)COP(=O)(O)OC[C@@H](O)COP(=O)(O)O. The molecule has 16 heteroatoms. The molecule has 0 saturated heterocycles. The molecule has 0 amide bonds. The molecule has 5 N–H and O–H groups in total. The van der Waals surface area contributed by atoms with Gasteiger partial charge >= 0.3 is 27.6 Å². The predicted octanol–water partition coefficient (Wildman–Crippen LogP) is 10.5. The Hall–Kier alpha value is -2.74.